The molecule has 19 heteroatoms. The molecule has 87 heavy (non-hydrogen) atoms. The van der Waals surface area contributed by atoms with Crippen LogP contribution in [-0.2, 0) is 33.2 Å². The zero-order valence-electron chi connectivity index (χ0n) is 53.8. The van der Waals surface area contributed by atoms with Crippen LogP contribution in [0, 0.1) is 0 Å². The van der Waals surface area contributed by atoms with Gasteiger partial charge in [0.1, 0.15) is 73.2 Å². The van der Waals surface area contributed by atoms with Gasteiger partial charge in [-0.15, -0.1) is 0 Å². The number of amides is 1. The van der Waals surface area contributed by atoms with Crippen molar-refractivity contribution in [2.75, 3.05) is 26.4 Å². The summed E-state index contributed by atoms with van der Waals surface area (Å²) >= 11 is 0. The van der Waals surface area contributed by atoms with Crippen LogP contribution < -0.4 is 5.32 Å². The Kier molecular flexibility index (Phi) is 46.0. The fourth-order valence-electron chi connectivity index (χ4n) is 11.7. The van der Waals surface area contributed by atoms with Crippen LogP contribution in [0.25, 0.3) is 0 Å². The molecule has 3 aliphatic rings. The van der Waals surface area contributed by atoms with Crippen LogP contribution in [0.15, 0.2) is 36.5 Å². The minimum Gasteiger partial charge on any atom is -0.394 e. The third-order valence-corrected chi connectivity index (χ3v) is 17.4. The Bertz CT molecular complexity index is 1720. The van der Waals surface area contributed by atoms with Crippen molar-refractivity contribution in [1.29, 1.82) is 0 Å². The number of aliphatic hydroxyl groups is 11. The predicted octanol–water partition coefficient (Wildman–Crippen LogP) is 8.83. The zero-order chi connectivity index (χ0) is 63.3. The van der Waals surface area contributed by atoms with E-state index in [1.54, 1.807) is 6.08 Å². The van der Waals surface area contributed by atoms with Gasteiger partial charge in [-0.2, -0.15) is 0 Å². The molecule has 3 fully saturated rings. The molecule has 3 saturated heterocycles. The molecule has 3 aliphatic heterocycles. The molecule has 3 heterocycles. The van der Waals surface area contributed by atoms with Crippen molar-refractivity contribution in [2.24, 2.45) is 0 Å². The average Bonchev–Trinajstić information content (AvgIpc) is 2.58. The third-order valence-electron chi connectivity index (χ3n) is 17.4. The Labute approximate surface area is 523 Å². The van der Waals surface area contributed by atoms with E-state index in [0.29, 0.717) is 12.8 Å². The first-order valence-electron chi connectivity index (χ1n) is 34.7. The van der Waals surface area contributed by atoms with Gasteiger partial charge in [-0.1, -0.05) is 230 Å². The van der Waals surface area contributed by atoms with Gasteiger partial charge in [-0.05, 0) is 57.8 Å². The molecule has 0 aromatic heterocycles. The third kappa shape index (κ3) is 32.9. The molecule has 510 valence electrons. The van der Waals surface area contributed by atoms with Gasteiger partial charge in [0.05, 0.1) is 38.6 Å². The second-order valence-corrected chi connectivity index (χ2v) is 25.0. The number of aliphatic hydroxyl groups excluding tert-OH is 11. The average molecular weight is 1240 g/mol. The minimum absolute atomic E-state index is 0.236. The van der Waals surface area contributed by atoms with E-state index in [9.17, 15) is 61.0 Å². The van der Waals surface area contributed by atoms with E-state index in [2.05, 4.69) is 43.5 Å². The van der Waals surface area contributed by atoms with Crippen LogP contribution in [0.3, 0.4) is 0 Å². The van der Waals surface area contributed by atoms with E-state index >= 15 is 0 Å². The second kappa shape index (κ2) is 50.6. The summed E-state index contributed by atoms with van der Waals surface area (Å²) in [6.07, 6.45) is 31.2. The molecule has 3 rings (SSSR count). The number of hydrogen-bond donors (Lipinski definition) is 12. The maximum Gasteiger partial charge on any atom is 0.220 e. The number of hydrogen-bond acceptors (Lipinski definition) is 18. The maximum atomic E-state index is 13.4. The summed E-state index contributed by atoms with van der Waals surface area (Å²) in [4.78, 5) is 13.4. The molecule has 0 aliphatic carbocycles. The summed E-state index contributed by atoms with van der Waals surface area (Å²) in [6, 6.07) is -0.990. The van der Waals surface area contributed by atoms with Gasteiger partial charge in [0.15, 0.2) is 18.9 Å². The first kappa shape index (κ1) is 79.2. The van der Waals surface area contributed by atoms with Crippen molar-refractivity contribution >= 4 is 5.91 Å². The standard InChI is InChI=1S/C68H125NO18/c1-3-5-7-9-11-13-15-17-19-21-23-24-25-26-28-30-32-34-36-38-40-42-44-46-56(74)69-51(52(73)45-43-41-39-37-35-33-31-29-27-22-20-18-16-14-12-10-8-6-4-2)50-82-66-62(80)59(77)64(54(48-71)84-66)87-68-63(81)60(78)65(55(49-72)85-68)86-67-61(79)58(76)57(75)53(47-70)83-67/h21,23,35,37,43,45,51-55,57-68,70-73,75-81H,3-20,22,24-34,36,38-42,44,46-50H2,1-2H3,(H,69,74)/b23-21-,37-35+,45-43+. The van der Waals surface area contributed by atoms with Crippen LogP contribution in [0.4, 0.5) is 0 Å². The molecular weight excluding hydrogens is 1120 g/mol. The zero-order valence-corrected chi connectivity index (χ0v) is 53.8. The number of unbranched alkanes of at least 4 members (excludes halogenated alkanes) is 33. The molecule has 0 spiro atoms. The number of allylic oxidation sites excluding steroid dienone is 5. The van der Waals surface area contributed by atoms with E-state index in [1.165, 1.54) is 186 Å². The number of rotatable bonds is 53. The topological polar surface area (TPSA) is 307 Å². The van der Waals surface area contributed by atoms with Crippen LogP contribution >= 0.6 is 0 Å². The first-order valence-corrected chi connectivity index (χ1v) is 34.7. The fourth-order valence-corrected chi connectivity index (χ4v) is 11.7. The molecule has 12 N–H and O–H groups in total. The summed E-state index contributed by atoms with van der Waals surface area (Å²) in [5.74, 6) is -0.284. The lowest BCUT2D eigenvalue weighted by molar-refractivity contribution is -0.379. The first-order chi connectivity index (χ1) is 42.3. The minimum atomic E-state index is -1.98. The molecule has 0 bridgehead atoms. The molecule has 1 amide bonds. The van der Waals surface area contributed by atoms with Gasteiger partial charge < -0.3 is 89.9 Å². The normalized spacial score (nSPS) is 28.8. The maximum absolute atomic E-state index is 13.4. The number of nitrogens with one attached hydrogen (secondary N) is 1. The van der Waals surface area contributed by atoms with Crippen LogP contribution in [0.2, 0.25) is 0 Å². The molecule has 0 radical (unpaired) electrons. The number of carbonyl (C=O) groups excluding carboxylic acids is 1. The Balaban J connectivity index is 1.45. The summed E-state index contributed by atoms with van der Waals surface area (Å²) < 4.78 is 34.3. The quantitative estimate of drug-likeness (QED) is 0.0200. The van der Waals surface area contributed by atoms with Gasteiger partial charge in [-0.3, -0.25) is 4.79 Å². The van der Waals surface area contributed by atoms with Crippen LogP contribution in [0.5, 0.6) is 0 Å². The number of carbonyl (C=O) groups is 1. The Morgan fingerprint density at radius 1 is 0.402 bits per heavy atom. The molecule has 0 saturated carbocycles. The summed E-state index contributed by atoms with van der Waals surface area (Å²) in [5.41, 5.74) is 0. The van der Waals surface area contributed by atoms with Gasteiger partial charge in [0.2, 0.25) is 5.91 Å². The Morgan fingerprint density at radius 3 is 1.15 bits per heavy atom. The van der Waals surface area contributed by atoms with E-state index in [1.807, 2.05) is 6.08 Å². The highest BCUT2D eigenvalue weighted by Gasteiger charge is 2.53. The number of ether oxygens (including phenoxy) is 6. The highest BCUT2D eigenvalue weighted by Crippen LogP contribution is 2.33. The van der Waals surface area contributed by atoms with Crippen molar-refractivity contribution < 1.29 is 89.4 Å². The van der Waals surface area contributed by atoms with Crippen molar-refractivity contribution in [3.63, 3.8) is 0 Å². The highest BCUT2D eigenvalue weighted by atomic mass is 16.8. The van der Waals surface area contributed by atoms with Crippen LogP contribution in [-0.4, -0.2) is 193 Å². The van der Waals surface area contributed by atoms with E-state index in [0.717, 1.165) is 38.5 Å². The van der Waals surface area contributed by atoms with Gasteiger partial charge in [0, 0.05) is 6.42 Å². The van der Waals surface area contributed by atoms with Crippen molar-refractivity contribution in [2.45, 2.75) is 362 Å². The summed E-state index contributed by atoms with van der Waals surface area (Å²) in [5, 5.41) is 120. The van der Waals surface area contributed by atoms with Crippen LogP contribution in [0.1, 0.15) is 258 Å². The lowest BCUT2D eigenvalue weighted by atomic mass is 9.96. The molecule has 0 aromatic rings. The monoisotopic (exact) mass is 1240 g/mol. The largest absolute Gasteiger partial charge is 0.394 e. The highest BCUT2D eigenvalue weighted by molar-refractivity contribution is 5.76. The SMILES string of the molecule is CCCCCCCCCC/C=C\CCCCCCCCCCCCCC(=O)NC(COC1OC(CO)C(OC2OC(CO)C(OC3OC(CO)C(O)C(O)C3O)C(O)C2O)C(O)C1O)C(O)/C=C/CC/C=C/CCCCCCCCCCCCCCC. The van der Waals surface area contributed by atoms with E-state index < -0.39 is 124 Å². The van der Waals surface area contributed by atoms with Crippen molar-refractivity contribution in [3.05, 3.63) is 36.5 Å². The fraction of sp³-hybridized carbons (Fsp3) is 0.897. The van der Waals surface area contributed by atoms with E-state index in [4.69, 9.17) is 28.4 Å². The smallest absolute Gasteiger partial charge is 0.220 e. The molecule has 17 atom stereocenters. The van der Waals surface area contributed by atoms with Gasteiger partial charge in [0.25, 0.3) is 0 Å². The second-order valence-electron chi connectivity index (χ2n) is 25.0. The Hall–Kier alpha value is -1.99. The van der Waals surface area contributed by atoms with E-state index in [-0.39, 0.29) is 18.9 Å². The van der Waals surface area contributed by atoms with Gasteiger partial charge in [-0.25, -0.2) is 0 Å². The molecule has 0 aromatic carbocycles. The van der Waals surface area contributed by atoms with Crippen molar-refractivity contribution in [1.82, 2.24) is 5.32 Å². The summed E-state index contributed by atoms with van der Waals surface area (Å²) in [6.45, 7) is 1.73. The molecule has 19 nitrogen and oxygen atoms in total. The van der Waals surface area contributed by atoms with Crippen molar-refractivity contribution in [3.8, 4) is 0 Å². The Morgan fingerprint density at radius 2 is 0.736 bits per heavy atom. The molecular formula is C68H125NO18. The predicted molar refractivity (Wildman–Crippen MR) is 337 cm³/mol. The van der Waals surface area contributed by atoms with Gasteiger partial charge >= 0.3 is 0 Å². The lowest BCUT2D eigenvalue weighted by Gasteiger charge is -2.48. The summed E-state index contributed by atoms with van der Waals surface area (Å²) in [7, 11) is 0. The lowest BCUT2D eigenvalue weighted by Crippen LogP contribution is -2.66. The molecule has 17 unspecified atom stereocenters.